The molecule has 1 aromatic heterocycles. The Morgan fingerprint density at radius 1 is 1.34 bits per heavy atom. The average molecular weight is 424 g/mol. The van der Waals surface area contributed by atoms with Crippen LogP contribution < -0.4 is 10.2 Å². The van der Waals surface area contributed by atoms with Gasteiger partial charge in [0, 0.05) is 37.9 Å². The number of nitrogens with zero attached hydrogens (tertiary/aromatic N) is 1. The molecular weight excluding hydrogens is 401 g/mol. The number of hydrogen-bond acceptors (Lipinski definition) is 5. The van der Waals surface area contributed by atoms with Crippen molar-refractivity contribution >= 4 is 17.8 Å². The highest BCUT2D eigenvalue weighted by molar-refractivity contribution is 6.15. The van der Waals surface area contributed by atoms with Gasteiger partial charge in [-0.2, -0.15) is 0 Å². The summed E-state index contributed by atoms with van der Waals surface area (Å²) in [7, 11) is 1.64. The number of halogens is 2. The minimum absolute atomic E-state index is 0.120. The quantitative estimate of drug-likeness (QED) is 0.626. The summed E-state index contributed by atoms with van der Waals surface area (Å²) in [4.78, 5) is 24.2. The number of fused-ring (bicyclic) bond motifs is 3. The van der Waals surface area contributed by atoms with Gasteiger partial charge in [0.2, 0.25) is 5.43 Å². The van der Waals surface area contributed by atoms with Crippen LogP contribution >= 0.6 is 11.9 Å². The number of benzene rings is 1. The topological polar surface area (TPSA) is 66.8 Å². The molecule has 0 aliphatic carbocycles. The molecule has 29 heavy (non-hydrogen) atoms. The minimum atomic E-state index is -1.07. The van der Waals surface area contributed by atoms with Gasteiger partial charge in [-0.15, -0.1) is 0 Å². The van der Waals surface area contributed by atoms with E-state index in [9.17, 15) is 9.59 Å². The molecule has 1 aromatic carbocycles. The van der Waals surface area contributed by atoms with E-state index in [1.807, 2.05) is 19.9 Å². The van der Waals surface area contributed by atoms with Crippen molar-refractivity contribution < 1.29 is 22.9 Å². The second-order valence-corrected chi connectivity index (χ2v) is 7.49. The van der Waals surface area contributed by atoms with Crippen LogP contribution in [-0.4, -0.2) is 30.9 Å². The van der Waals surface area contributed by atoms with E-state index >= 15 is 4.39 Å². The highest BCUT2D eigenvalue weighted by atomic mass is 35.5. The Bertz CT molecular complexity index is 972. The predicted molar refractivity (Wildman–Crippen MR) is 107 cm³/mol. The first-order chi connectivity index (χ1) is 13.9. The lowest BCUT2D eigenvalue weighted by Gasteiger charge is -2.33. The smallest absolute Gasteiger partial charge is 0.361 e. The van der Waals surface area contributed by atoms with E-state index in [-0.39, 0.29) is 17.7 Å². The fourth-order valence-electron chi connectivity index (χ4n) is 3.64. The van der Waals surface area contributed by atoms with E-state index in [1.165, 1.54) is 6.20 Å². The molecule has 3 rings (SSSR count). The van der Waals surface area contributed by atoms with E-state index in [0.717, 1.165) is 12.0 Å². The molecule has 1 unspecified atom stereocenters. The van der Waals surface area contributed by atoms with Gasteiger partial charge < -0.3 is 18.3 Å². The van der Waals surface area contributed by atoms with E-state index in [4.69, 9.17) is 21.3 Å². The molecule has 1 atom stereocenters. The molecule has 0 N–H and O–H groups in total. The van der Waals surface area contributed by atoms with Crippen LogP contribution in [0.15, 0.2) is 29.2 Å². The Kier molecular flexibility index (Phi) is 6.59. The molecule has 0 bridgehead atoms. The Balaban J connectivity index is 2.08. The maximum Gasteiger partial charge on any atom is 0.361 e. The molecule has 1 aliphatic rings. The third kappa shape index (κ3) is 4.16. The summed E-state index contributed by atoms with van der Waals surface area (Å²) in [6, 6.07) is 5.21. The monoisotopic (exact) mass is 423 g/mol. The molecule has 0 spiro atoms. The van der Waals surface area contributed by atoms with Gasteiger partial charge >= 0.3 is 5.97 Å². The number of ether oxygens (including phenoxy) is 2. The average Bonchev–Trinajstić information content (AvgIpc) is 2.71. The van der Waals surface area contributed by atoms with Crippen LogP contribution in [0.4, 0.5) is 4.39 Å². The van der Waals surface area contributed by atoms with Crippen molar-refractivity contribution in [3.8, 4) is 17.0 Å². The molecule has 156 valence electrons. The van der Waals surface area contributed by atoms with Crippen LogP contribution in [0, 0.1) is 11.7 Å². The highest BCUT2D eigenvalue weighted by Crippen LogP contribution is 2.40. The summed E-state index contributed by atoms with van der Waals surface area (Å²) >= 11 is 5.11. The van der Waals surface area contributed by atoms with Crippen LogP contribution in [0.3, 0.4) is 0 Å². The Morgan fingerprint density at radius 3 is 2.76 bits per heavy atom. The van der Waals surface area contributed by atoms with E-state index in [1.54, 1.807) is 23.8 Å². The van der Waals surface area contributed by atoms with Gasteiger partial charge in [0.05, 0.1) is 12.3 Å². The van der Waals surface area contributed by atoms with E-state index in [0.29, 0.717) is 30.9 Å². The summed E-state index contributed by atoms with van der Waals surface area (Å²) < 4.78 is 31.7. The van der Waals surface area contributed by atoms with Gasteiger partial charge in [-0.3, -0.25) is 4.79 Å². The van der Waals surface area contributed by atoms with Crippen LogP contribution in [0.2, 0.25) is 0 Å². The normalized spacial score (nSPS) is 15.0. The third-order valence-corrected chi connectivity index (χ3v) is 5.26. The van der Waals surface area contributed by atoms with Gasteiger partial charge in [-0.1, -0.05) is 13.8 Å². The van der Waals surface area contributed by atoms with Gasteiger partial charge in [-0.25, -0.2) is 9.18 Å². The number of carbonyl (C=O) groups is 1. The van der Waals surface area contributed by atoms with Crippen molar-refractivity contribution in [1.82, 2.24) is 4.57 Å². The zero-order valence-corrected chi connectivity index (χ0v) is 17.3. The summed E-state index contributed by atoms with van der Waals surface area (Å²) in [6.07, 6.45) is 2.70. The maximum absolute atomic E-state index is 15.1. The Hall–Kier alpha value is -2.38. The molecule has 6 nitrogen and oxygen atoms in total. The first-order valence-corrected chi connectivity index (χ1v) is 9.72. The predicted octanol–water partition coefficient (Wildman–Crippen LogP) is 4.13. The molecule has 0 amide bonds. The van der Waals surface area contributed by atoms with Gasteiger partial charge in [0.1, 0.15) is 23.2 Å². The zero-order valence-electron chi connectivity index (χ0n) is 16.5. The van der Waals surface area contributed by atoms with Gasteiger partial charge in [0.15, 0.2) is 5.82 Å². The molecule has 2 heterocycles. The molecule has 0 radical (unpaired) electrons. The molecule has 0 saturated carbocycles. The fourth-order valence-corrected chi connectivity index (χ4v) is 3.72. The second-order valence-electron chi connectivity index (χ2n) is 7.34. The maximum atomic E-state index is 15.1. The van der Waals surface area contributed by atoms with Crippen molar-refractivity contribution in [3.05, 3.63) is 51.6 Å². The van der Waals surface area contributed by atoms with Crippen molar-refractivity contribution in [3.63, 3.8) is 0 Å². The number of aromatic nitrogens is 1. The van der Waals surface area contributed by atoms with Crippen molar-refractivity contribution in [2.45, 2.75) is 32.7 Å². The SMILES string of the molecule is COCCCOc1ccc2c(c1)CC(C(C)C)n1cc(C(=O)OCl)c(=O)c(F)c1-2. The van der Waals surface area contributed by atoms with Crippen LogP contribution in [0.25, 0.3) is 11.3 Å². The molecule has 0 fully saturated rings. The molecule has 8 heteroatoms. The molecule has 0 saturated heterocycles. The number of methoxy groups -OCH3 is 1. The second kappa shape index (κ2) is 8.97. The zero-order chi connectivity index (χ0) is 21.1. The molecule has 2 aromatic rings. The van der Waals surface area contributed by atoms with Gasteiger partial charge in [0.25, 0.3) is 0 Å². The standard InChI is InChI=1S/C21H23ClFNO5/c1-12(2)17-10-13-9-14(28-8-4-7-27-3)5-6-15(13)19-18(23)20(25)16(11-24(17)19)21(26)29-22/h5-6,9,11-12,17H,4,7-8,10H2,1-3H3. The number of carbonyl (C=O) groups excluding carboxylic acids is 1. The first kappa shape index (κ1) is 21.3. The molecule has 1 aliphatic heterocycles. The summed E-state index contributed by atoms with van der Waals surface area (Å²) in [5.74, 6) is -1.26. The van der Waals surface area contributed by atoms with Crippen molar-refractivity contribution in [1.29, 1.82) is 0 Å². The van der Waals surface area contributed by atoms with Crippen molar-refractivity contribution in [2.75, 3.05) is 20.3 Å². The van der Waals surface area contributed by atoms with Crippen LogP contribution in [0.1, 0.15) is 42.2 Å². The lowest BCUT2D eigenvalue weighted by molar-refractivity contribution is 0.0748. The number of pyridine rings is 1. The Morgan fingerprint density at radius 2 is 2.10 bits per heavy atom. The molecular formula is C21H23ClFNO5. The van der Waals surface area contributed by atoms with Crippen molar-refractivity contribution in [2.24, 2.45) is 5.92 Å². The lowest BCUT2D eigenvalue weighted by Crippen LogP contribution is -2.30. The first-order valence-electron chi connectivity index (χ1n) is 9.41. The third-order valence-electron chi connectivity index (χ3n) is 5.12. The lowest BCUT2D eigenvalue weighted by atomic mass is 9.87. The van der Waals surface area contributed by atoms with E-state index < -0.39 is 22.8 Å². The largest absolute Gasteiger partial charge is 0.493 e. The number of hydrogen-bond donors (Lipinski definition) is 0. The summed E-state index contributed by atoms with van der Waals surface area (Å²) in [6.45, 7) is 5.11. The van der Waals surface area contributed by atoms with Crippen LogP contribution in [0.5, 0.6) is 5.75 Å². The van der Waals surface area contributed by atoms with E-state index in [2.05, 4.69) is 4.29 Å². The highest BCUT2D eigenvalue weighted by Gasteiger charge is 2.32. The van der Waals surface area contributed by atoms with Gasteiger partial charge in [-0.05, 0) is 36.1 Å². The Labute approximate surface area is 173 Å². The summed E-state index contributed by atoms with van der Waals surface area (Å²) in [5.41, 5.74) is 0.197. The number of rotatable bonds is 7. The van der Waals surface area contributed by atoms with Crippen LogP contribution in [-0.2, 0) is 15.4 Å². The minimum Gasteiger partial charge on any atom is -0.493 e. The summed E-state index contributed by atoms with van der Waals surface area (Å²) in [5, 5.41) is 0. The fraction of sp³-hybridized carbons (Fsp3) is 0.429.